The first kappa shape index (κ1) is 21.6. The van der Waals surface area contributed by atoms with Gasteiger partial charge in [0.25, 0.3) is 0 Å². The van der Waals surface area contributed by atoms with E-state index in [-0.39, 0.29) is 18.4 Å². The molecule has 7 heteroatoms. The molecular weight excluding hydrogens is 411 g/mol. The number of likely N-dealkylation sites (N-methyl/N-ethyl adjacent to an activating group) is 1. The Balaban J connectivity index is 2.20. The van der Waals surface area contributed by atoms with Crippen molar-refractivity contribution < 1.29 is 14.7 Å². The number of benzene rings is 2. The van der Waals surface area contributed by atoms with Gasteiger partial charge in [0, 0.05) is 16.0 Å². The maximum Gasteiger partial charge on any atom is 0.323 e. The molecule has 0 aliphatic carbocycles. The topological polar surface area (TPSA) is 60.9 Å². The summed E-state index contributed by atoms with van der Waals surface area (Å²) in [5.41, 5.74) is 0.967. The van der Waals surface area contributed by atoms with E-state index in [9.17, 15) is 14.7 Å². The van der Waals surface area contributed by atoms with Crippen molar-refractivity contribution in [3.05, 3.63) is 69.7 Å². The van der Waals surface area contributed by atoms with E-state index in [2.05, 4.69) is 0 Å². The normalized spacial score (nSPS) is 24.8. The summed E-state index contributed by atoms with van der Waals surface area (Å²) in [7, 11) is 3.68. The molecule has 2 aromatic carbocycles. The number of hydrogen-bond acceptors (Lipinski definition) is 3. The summed E-state index contributed by atoms with van der Waals surface area (Å²) in [5, 5.41) is 10.7. The highest BCUT2D eigenvalue weighted by atomic mass is 35.5. The van der Waals surface area contributed by atoms with Crippen molar-refractivity contribution in [1.29, 1.82) is 0 Å². The summed E-state index contributed by atoms with van der Waals surface area (Å²) in [4.78, 5) is 28.5. The maximum atomic E-state index is 13.5. The van der Waals surface area contributed by atoms with Gasteiger partial charge in [-0.15, -0.1) is 0 Å². The van der Waals surface area contributed by atoms with Crippen LogP contribution in [-0.2, 0) is 9.59 Å². The molecule has 1 saturated heterocycles. The lowest BCUT2D eigenvalue weighted by atomic mass is 9.72. The van der Waals surface area contributed by atoms with Crippen LogP contribution < -0.4 is 0 Å². The third-order valence-corrected chi connectivity index (χ3v) is 6.32. The summed E-state index contributed by atoms with van der Waals surface area (Å²) in [5.74, 6) is -1.40. The van der Waals surface area contributed by atoms with Crippen LogP contribution in [0.2, 0.25) is 10.0 Å². The fraction of sp³-hybridized carbons (Fsp3) is 0.364. The molecule has 3 unspecified atom stereocenters. The van der Waals surface area contributed by atoms with Gasteiger partial charge in [0.05, 0.1) is 11.6 Å². The lowest BCUT2D eigenvalue weighted by Gasteiger charge is -2.51. The van der Waals surface area contributed by atoms with E-state index in [1.807, 2.05) is 56.3 Å². The van der Waals surface area contributed by atoms with Crippen LogP contribution in [0.5, 0.6) is 0 Å². The highest BCUT2D eigenvalue weighted by Crippen LogP contribution is 2.48. The Kier molecular flexibility index (Phi) is 6.22. The highest BCUT2D eigenvalue weighted by molar-refractivity contribution is 6.30. The first-order chi connectivity index (χ1) is 13.6. The molecule has 0 radical (unpaired) electrons. The van der Waals surface area contributed by atoms with Crippen LogP contribution in [0.25, 0.3) is 0 Å². The molecule has 1 aliphatic heterocycles. The smallest absolute Gasteiger partial charge is 0.323 e. The van der Waals surface area contributed by atoms with Gasteiger partial charge < -0.3 is 10.0 Å². The van der Waals surface area contributed by atoms with Gasteiger partial charge in [0.2, 0.25) is 5.91 Å². The molecule has 0 aromatic heterocycles. The van der Waals surface area contributed by atoms with Gasteiger partial charge in [-0.25, -0.2) is 0 Å². The zero-order valence-corrected chi connectivity index (χ0v) is 18.1. The van der Waals surface area contributed by atoms with Crippen LogP contribution in [0, 0.1) is 0 Å². The van der Waals surface area contributed by atoms with E-state index < -0.39 is 17.6 Å². The Labute approximate surface area is 180 Å². The maximum absolute atomic E-state index is 13.5. The number of hydrogen-bond donors (Lipinski definition) is 1. The predicted molar refractivity (Wildman–Crippen MR) is 114 cm³/mol. The van der Waals surface area contributed by atoms with Gasteiger partial charge in [0.1, 0.15) is 6.54 Å². The SMILES string of the molecule is CN(C)C1(C)CC(c2cccc(Cl)c2)C(c2ccc(Cl)cc2)N(CC(=O)O)C1=O. The number of rotatable bonds is 5. The van der Waals surface area contributed by atoms with Crippen molar-refractivity contribution in [2.75, 3.05) is 20.6 Å². The van der Waals surface area contributed by atoms with Gasteiger partial charge >= 0.3 is 5.97 Å². The van der Waals surface area contributed by atoms with Crippen molar-refractivity contribution >= 4 is 35.1 Å². The molecule has 2 aromatic rings. The highest BCUT2D eigenvalue weighted by Gasteiger charge is 2.51. The number of aliphatic carboxylic acids is 1. The summed E-state index contributed by atoms with van der Waals surface area (Å²) in [6.45, 7) is 1.48. The van der Waals surface area contributed by atoms with Gasteiger partial charge in [0.15, 0.2) is 0 Å². The Bertz CT molecular complexity index is 917. The van der Waals surface area contributed by atoms with Crippen molar-refractivity contribution in [1.82, 2.24) is 9.80 Å². The Hall–Kier alpha value is -2.08. The first-order valence-electron chi connectivity index (χ1n) is 9.34. The van der Waals surface area contributed by atoms with Crippen molar-refractivity contribution in [3.63, 3.8) is 0 Å². The minimum atomic E-state index is -1.05. The number of amides is 1. The van der Waals surface area contributed by atoms with Gasteiger partial charge in [-0.05, 0) is 62.8 Å². The van der Waals surface area contributed by atoms with E-state index >= 15 is 0 Å². The lowest BCUT2D eigenvalue weighted by Crippen LogP contribution is -2.62. The fourth-order valence-corrected chi connectivity index (χ4v) is 4.40. The van der Waals surface area contributed by atoms with Crippen LogP contribution in [-0.4, -0.2) is 53.0 Å². The van der Waals surface area contributed by atoms with Gasteiger partial charge in [-0.3, -0.25) is 14.5 Å². The fourth-order valence-electron chi connectivity index (χ4n) is 4.08. The van der Waals surface area contributed by atoms with Crippen LogP contribution >= 0.6 is 23.2 Å². The molecule has 3 rings (SSSR count). The second-order valence-electron chi connectivity index (χ2n) is 7.86. The van der Waals surface area contributed by atoms with E-state index in [0.29, 0.717) is 16.5 Å². The van der Waals surface area contributed by atoms with E-state index in [1.54, 1.807) is 18.2 Å². The summed E-state index contributed by atoms with van der Waals surface area (Å²) in [6, 6.07) is 14.3. The number of carboxylic acids is 1. The minimum absolute atomic E-state index is 0.140. The third-order valence-electron chi connectivity index (χ3n) is 5.84. The Morgan fingerprint density at radius 2 is 1.79 bits per heavy atom. The molecule has 1 N–H and O–H groups in total. The van der Waals surface area contributed by atoms with Crippen molar-refractivity contribution in [2.24, 2.45) is 0 Å². The van der Waals surface area contributed by atoms with Crippen LogP contribution in [0.1, 0.15) is 36.4 Å². The number of halogens is 2. The third kappa shape index (κ3) is 4.27. The van der Waals surface area contributed by atoms with E-state index in [1.165, 1.54) is 4.90 Å². The van der Waals surface area contributed by atoms with Crippen molar-refractivity contribution in [3.8, 4) is 0 Å². The molecule has 3 atom stereocenters. The first-order valence-corrected chi connectivity index (χ1v) is 10.1. The molecular formula is C22H24Cl2N2O3. The molecule has 1 heterocycles. The molecule has 29 heavy (non-hydrogen) atoms. The predicted octanol–water partition coefficient (Wildman–Crippen LogP) is 4.46. The molecule has 0 bridgehead atoms. The van der Waals surface area contributed by atoms with E-state index in [4.69, 9.17) is 23.2 Å². The van der Waals surface area contributed by atoms with Crippen LogP contribution in [0.15, 0.2) is 48.5 Å². The number of carbonyl (C=O) groups is 2. The second-order valence-corrected chi connectivity index (χ2v) is 8.73. The molecule has 1 aliphatic rings. The summed E-state index contributed by atoms with van der Waals surface area (Å²) < 4.78 is 0. The van der Waals surface area contributed by atoms with Crippen molar-refractivity contribution in [2.45, 2.75) is 30.8 Å². The molecule has 5 nitrogen and oxygen atoms in total. The zero-order chi connectivity index (χ0) is 21.3. The van der Waals surface area contributed by atoms with Crippen LogP contribution in [0.4, 0.5) is 0 Å². The standard InChI is InChI=1S/C22H24Cl2N2O3/c1-22(25(2)3)12-18(15-5-4-6-17(24)11-15)20(14-7-9-16(23)10-8-14)26(21(22)29)13-19(27)28/h4-11,18,20H,12-13H2,1-3H3,(H,27,28). The minimum Gasteiger partial charge on any atom is -0.480 e. The number of carboxylic acid groups (broad SMARTS) is 1. The summed E-state index contributed by atoms with van der Waals surface area (Å²) in [6.07, 6.45) is 0.530. The van der Waals surface area contributed by atoms with Gasteiger partial charge in [-0.2, -0.15) is 0 Å². The van der Waals surface area contributed by atoms with Gasteiger partial charge in [-0.1, -0.05) is 47.5 Å². The van der Waals surface area contributed by atoms with E-state index in [0.717, 1.165) is 11.1 Å². The molecule has 154 valence electrons. The molecule has 0 saturated carbocycles. The number of piperidine rings is 1. The molecule has 1 amide bonds. The number of nitrogens with zero attached hydrogens (tertiary/aromatic N) is 2. The number of likely N-dealkylation sites (tertiary alicyclic amines) is 1. The quantitative estimate of drug-likeness (QED) is 0.754. The largest absolute Gasteiger partial charge is 0.480 e. The Morgan fingerprint density at radius 1 is 1.14 bits per heavy atom. The average Bonchev–Trinajstić information content (AvgIpc) is 2.66. The molecule has 0 spiro atoms. The van der Waals surface area contributed by atoms with Crippen LogP contribution in [0.3, 0.4) is 0 Å². The Morgan fingerprint density at radius 3 is 2.34 bits per heavy atom. The number of carbonyl (C=O) groups excluding carboxylic acids is 1. The zero-order valence-electron chi connectivity index (χ0n) is 16.6. The average molecular weight is 435 g/mol. The monoisotopic (exact) mass is 434 g/mol. The summed E-state index contributed by atoms with van der Waals surface area (Å²) >= 11 is 12.3. The lowest BCUT2D eigenvalue weighted by molar-refractivity contribution is -0.158. The second kappa shape index (κ2) is 8.34. The molecule has 1 fully saturated rings.